The van der Waals surface area contributed by atoms with Gasteiger partial charge in [0, 0.05) is 28.3 Å². The minimum absolute atomic E-state index is 0.0942. The second kappa shape index (κ2) is 10.7. The molecule has 3 aromatic rings. The van der Waals surface area contributed by atoms with Gasteiger partial charge in [-0.05, 0) is 60.7 Å². The fraction of sp³-hybridized carbons (Fsp3) is 0.120. The number of amides is 2. The summed E-state index contributed by atoms with van der Waals surface area (Å²) in [7, 11) is 0. The van der Waals surface area contributed by atoms with Crippen LogP contribution in [0.4, 0.5) is 5.69 Å². The summed E-state index contributed by atoms with van der Waals surface area (Å²) in [5, 5.41) is 7.05. The van der Waals surface area contributed by atoms with E-state index in [1.807, 2.05) is 0 Å². The van der Waals surface area contributed by atoms with Crippen molar-refractivity contribution in [2.24, 2.45) is 5.10 Å². The smallest absolute Gasteiger partial charge is 0.343 e. The summed E-state index contributed by atoms with van der Waals surface area (Å²) in [6, 6.07) is 15.7. The molecule has 9 nitrogen and oxygen atoms in total. The van der Waals surface area contributed by atoms with Gasteiger partial charge in [0.15, 0.2) is 11.5 Å². The van der Waals surface area contributed by atoms with Crippen LogP contribution in [0.25, 0.3) is 0 Å². The number of esters is 1. The lowest BCUT2D eigenvalue weighted by Gasteiger charge is -2.08. The maximum atomic E-state index is 12.6. The molecule has 2 amide bonds. The Morgan fingerprint density at radius 2 is 1.74 bits per heavy atom. The van der Waals surface area contributed by atoms with Gasteiger partial charge in [0.1, 0.15) is 5.75 Å². The standard InChI is InChI=1S/C25H20ClN3O6/c1-2-23(30)28-19-7-3-15(4-8-19)24(31)29-27-13-17-11-18(26)6-10-20(17)35-25(32)16-5-9-21-22(12-16)34-14-33-21/h3-13H,2,14H2,1H3,(H,28,30)(H,29,31)/b27-13+. The third kappa shape index (κ3) is 5.96. The van der Waals surface area contributed by atoms with E-state index in [-0.39, 0.29) is 24.0 Å². The topological polar surface area (TPSA) is 115 Å². The average molecular weight is 494 g/mol. The molecule has 0 bridgehead atoms. The number of hydrogen-bond acceptors (Lipinski definition) is 7. The molecule has 4 rings (SSSR count). The van der Waals surface area contributed by atoms with Crippen LogP contribution in [0.1, 0.15) is 39.6 Å². The zero-order valence-electron chi connectivity index (χ0n) is 18.5. The molecule has 1 heterocycles. The van der Waals surface area contributed by atoms with E-state index in [1.54, 1.807) is 55.5 Å². The molecule has 1 aliphatic heterocycles. The van der Waals surface area contributed by atoms with Crippen LogP contribution in [-0.2, 0) is 4.79 Å². The fourth-order valence-electron chi connectivity index (χ4n) is 3.07. The number of carbonyl (C=O) groups is 3. The van der Waals surface area contributed by atoms with Crippen LogP contribution in [-0.4, -0.2) is 30.8 Å². The minimum Gasteiger partial charge on any atom is -0.454 e. The molecule has 10 heteroatoms. The van der Waals surface area contributed by atoms with Gasteiger partial charge in [-0.2, -0.15) is 5.10 Å². The van der Waals surface area contributed by atoms with Crippen LogP contribution in [0.5, 0.6) is 17.2 Å². The summed E-state index contributed by atoms with van der Waals surface area (Å²) >= 11 is 6.08. The predicted molar refractivity (Wildman–Crippen MR) is 129 cm³/mol. The molecule has 35 heavy (non-hydrogen) atoms. The highest BCUT2D eigenvalue weighted by Gasteiger charge is 2.18. The number of nitrogens with zero attached hydrogens (tertiary/aromatic N) is 1. The Bertz CT molecular complexity index is 1310. The van der Waals surface area contributed by atoms with Gasteiger partial charge in [-0.3, -0.25) is 9.59 Å². The molecule has 178 valence electrons. The monoisotopic (exact) mass is 493 g/mol. The van der Waals surface area contributed by atoms with Gasteiger partial charge in [-0.1, -0.05) is 18.5 Å². The molecule has 0 fully saturated rings. The highest BCUT2D eigenvalue weighted by molar-refractivity contribution is 6.31. The normalized spacial score (nSPS) is 11.8. The molecule has 3 aromatic carbocycles. The third-order valence-electron chi connectivity index (χ3n) is 4.90. The first-order chi connectivity index (χ1) is 16.9. The number of anilines is 1. The molecule has 0 atom stereocenters. The second-order valence-corrected chi connectivity index (χ2v) is 7.75. The number of hydrogen-bond donors (Lipinski definition) is 2. The van der Waals surface area contributed by atoms with Gasteiger partial charge in [0.2, 0.25) is 12.7 Å². The largest absolute Gasteiger partial charge is 0.454 e. The van der Waals surface area contributed by atoms with Crippen molar-refractivity contribution in [1.29, 1.82) is 0 Å². The van der Waals surface area contributed by atoms with E-state index in [1.165, 1.54) is 18.3 Å². The van der Waals surface area contributed by atoms with Gasteiger partial charge in [0.05, 0.1) is 11.8 Å². The Hall–Kier alpha value is -4.37. The highest BCUT2D eigenvalue weighted by Crippen LogP contribution is 2.33. The van der Waals surface area contributed by atoms with Gasteiger partial charge < -0.3 is 19.5 Å². The summed E-state index contributed by atoms with van der Waals surface area (Å²) in [5.74, 6) is 0.0161. The number of rotatable bonds is 7. The molecule has 0 saturated carbocycles. The lowest BCUT2D eigenvalue weighted by molar-refractivity contribution is -0.115. The lowest BCUT2D eigenvalue weighted by Crippen LogP contribution is -2.18. The lowest BCUT2D eigenvalue weighted by atomic mass is 10.2. The Balaban J connectivity index is 1.42. The number of hydrazone groups is 1. The molecule has 0 aromatic heterocycles. The predicted octanol–water partition coefficient (Wildman–Crippen LogP) is 4.40. The zero-order valence-corrected chi connectivity index (χ0v) is 19.3. The van der Waals surface area contributed by atoms with Crippen LogP contribution in [0.15, 0.2) is 65.8 Å². The fourth-order valence-corrected chi connectivity index (χ4v) is 3.26. The van der Waals surface area contributed by atoms with Gasteiger partial charge in [-0.15, -0.1) is 0 Å². The van der Waals surface area contributed by atoms with Crippen molar-refractivity contribution in [2.45, 2.75) is 13.3 Å². The number of nitrogens with one attached hydrogen (secondary N) is 2. The van der Waals surface area contributed by atoms with Crippen molar-refractivity contribution in [2.75, 3.05) is 12.1 Å². The van der Waals surface area contributed by atoms with Crippen LogP contribution in [0, 0.1) is 0 Å². The van der Waals surface area contributed by atoms with Crippen molar-refractivity contribution in [3.8, 4) is 17.2 Å². The van der Waals surface area contributed by atoms with Crippen molar-refractivity contribution < 1.29 is 28.6 Å². The quantitative estimate of drug-likeness (QED) is 0.218. The number of halogens is 1. The molecular formula is C25H20ClN3O6. The van der Waals surface area contributed by atoms with Crippen LogP contribution < -0.4 is 25.0 Å². The first-order valence-electron chi connectivity index (χ1n) is 10.6. The van der Waals surface area contributed by atoms with Crippen LogP contribution in [0.3, 0.4) is 0 Å². The van der Waals surface area contributed by atoms with E-state index in [9.17, 15) is 14.4 Å². The first kappa shape index (κ1) is 23.8. The van der Waals surface area contributed by atoms with Crippen molar-refractivity contribution in [3.63, 3.8) is 0 Å². The molecule has 0 saturated heterocycles. The Morgan fingerprint density at radius 1 is 1.00 bits per heavy atom. The molecule has 2 N–H and O–H groups in total. The second-order valence-electron chi connectivity index (χ2n) is 7.32. The Labute approximate surface area is 205 Å². The van der Waals surface area contributed by atoms with Gasteiger partial charge in [-0.25, -0.2) is 10.2 Å². The number of benzene rings is 3. The van der Waals surface area contributed by atoms with E-state index >= 15 is 0 Å². The van der Waals surface area contributed by atoms with Gasteiger partial charge in [0.25, 0.3) is 5.91 Å². The maximum Gasteiger partial charge on any atom is 0.343 e. The maximum absolute atomic E-state index is 12.6. The Morgan fingerprint density at radius 3 is 2.51 bits per heavy atom. The van der Waals surface area contributed by atoms with Crippen molar-refractivity contribution >= 4 is 41.3 Å². The third-order valence-corrected chi connectivity index (χ3v) is 5.14. The highest BCUT2D eigenvalue weighted by atomic mass is 35.5. The first-order valence-corrected chi connectivity index (χ1v) is 11.0. The SMILES string of the molecule is CCC(=O)Nc1ccc(C(=O)N/N=C/c2cc(Cl)ccc2OC(=O)c2ccc3c(c2)OCO3)cc1. The molecular weight excluding hydrogens is 474 g/mol. The summed E-state index contributed by atoms with van der Waals surface area (Å²) in [5.41, 5.74) is 4.00. The van der Waals surface area contributed by atoms with E-state index < -0.39 is 11.9 Å². The summed E-state index contributed by atoms with van der Waals surface area (Å²) in [6.45, 7) is 1.84. The zero-order chi connectivity index (χ0) is 24.8. The average Bonchev–Trinajstić information content (AvgIpc) is 3.34. The van der Waals surface area contributed by atoms with Crippen molar-refractivity contribution in [1.82, 2.24) is 5.43 Å². The Kier molecular flexibility index (Phi) is 7.27. The summed E-state index contributed by atoms with van der Waals surface area (Å²) < 4.78 is 16.0. The molecule has 0 aliphatic carbocycles. The number of carbonyl (C=O) groups excluding carboxylic acids is 3. The molecule has 0 spiro atoms. The summed E-state index contributed by atoms with van der Waals surface area (Å²) in [6.07, 6.45) is 1.68. The van der Waals surface area contributed by atoms with E-state index in [0.717, 1.165) is 0 Å². The summed E-state index contributed by atoms with van der Waals surface area (Å²) in [4.78, 5) is 36.5. The van der Waals surface area contributed by atoms with E-state index in [4.69, 9.17) is 25.8 Å². The number of fused-ring (bicyclic) bond motifs is 1. The molecule has 1 aliphatic rings. The number of ether oxygens (including phenoxy) is 3. The minimum atomic E-state index is -0.612. The van der Waals surface area contributed by atoms with Crippen molar-refractivity contribution in [3.05, 3.63) is 82.4 Å². The molecule has 0 radical (unpaired) electrons. The van der Waals surface area contributed by atoms with E-state index in [2.05, 4.69) is 15.8 Å². The van der Waals surface area contributed by atoms with E-state index in [0.29, 0.717) is 39.8 Å². The van der Waals surface area contributed by atoms with Crippen LogP contribution in [0.2, 0.25) is 5.02 Å². The van der Waals surface area contributed by atoms with Crippen LogP contribution >= 0.6 is 11.6 Å². The van der Waals surface area contributed by atoms with Gasteiger partial charge >= 0.3 is 5.97 Å². The molecule has 0 unspecified atom stereocenters.